The molecule has 0 unspecified atom stereocenters. The van der Waals surface area contributed by atoms with Crippen LogP contribution in [0.5, 0.6) is 0 Å². The maximum absolute atomic E-state index is 10.1. The average molecular weight is 184 g/mol. The third-order valence-corrected chi connectivity index (χ3v) is 3.47. The minimum absolute atomic E-state index is 0.304. The highest BCUT2D eigenvalue weighted by Crippen LogP contribution is 2.43. The van der Waals surface area contributed by atoms with E-state index in [1.807, 2.05) is 0 Å². The molecule has 0 amide bonds. The van der Waals surface area contributed by atoms with Crippen LogP contribution in [0.25, 0.3) is 0 Å². The summed E-state index contributed by atoms with van der Waals surface area (Å²) in [5, 5.41) is 10.1. The van der Waals surface area contributed by atoms with Gasteiger partial charge in [-0.15, -0.1) is 0 Å². The number of hydrogen-bond acceptors (Lipinski definition) is 2. The minimum atomic E-state index is -0.304. The van der Waals surface area contributed by atoms with Gasteiger partial charge < -0.3 is 9.84 Å². The normalized spacial score (nSPS) is 41.5. The number of hydrogen-bond donors (Lipinski definition) is 1. The summed E-state index contributed by atoms with van der Waals surface area (Å²) < 4.78 is 5.31. The summed E-state index contributed by atoms with van der Waals surface area (Å²) in [5.41, 5.74) is -0.304. The molecule has 0 radical (unpaired) electrons. The van der Waals surface area contributed by atoms with Crippen molar-refractivity contribution in [3.8, 4) is 0 Å². The van der Waals surface area contributed by atoms with Crippen LogP contribution in [0.2, 0.25) is 0 Å². The van der Waals surface area contributed by atoms with Crippen molar-refractivity contribution in [1.29, 1.82) is 0 Å². The van der Waals surface area contributed by atoms with Gasteiger partial charge in [-0.25, -0.2) is 0 Å². The lowest BCUT2D eigenvalue weighted by Crippen LogP contribution is -2.44. The van der Waals surface area contributed by atoms with E-state index >= 15 is 0 Å². The van der Waals surface area contributed by atoms with Gasteiger partial charge >= 0.3 is 0 Å². The van der Waals surface area contributed by atoms with Crippen molar-refractivity contribution in [2.24, 2.45) is 11.8 Å². The summed E-state index contributed by atoms with van der Waals surface area (Å²) in [6, 6.07) is 0. The second-order valence-electron chi connectivity index (χ2n) is 5.00. The molecule has 2 fully saturated rings. The predicted molar refractivity (Wildman–Crippen MR) is 51.5 cm³/mol. The number of aliphatic hydroxyl groups is 1. The fourth-order valence-electron chi connectivity index (χ4n) is 2.89. The van der Waals surface area contributed by atoms with Crippen LogP contribution in [0, 0.1) is 11.8 Å². The Bertz CT molecular complexity index is 167. The van der Waals surface area contributed by atoms with E-state index in [4.69, 9.17) is 4.74 Å². The van der Waals surface area contributed by atoms with Gasteiger partial charge in [0.15, 0.2) is 0 Å². The van der Waals surface area contributed by atoms with Crippen LogP contribution in [0.15, 0.2) is 0 Å². The molecule has 1 N–H and O–H groups in total. The average Bonchev–Trinajstić information content (AvgIpc) is 2.03. The predicted octanol–water partition coefficient (Wildman–Crippen LogP) is 1.96. The Morgan fingerprint density at radius 2 is 1.92 bits per heavy atom. The molecule has 76 valence electrons. The molecule has 1 heterocycles. The van der Waals surface area contributed by atoms with Gasteiger partial charge in [-0.1, -0.05) is 6.92 Å². The lowest BCUT2D eigenvalue weighted by Gasteiger charge is -2.44. The number of rotatable bonds is 2. The van der Waals surface area contributed by atoms with Crippen LogP contribution in [-0.4, -0.2) is 23.9 Å². The summed E-state index contributed by atoms with van der Waals surface area (Å²) >= 11 is 0. The first kappa shape index (κ1) is 9.47. The maximum atomic E-state index is 10.1. The van der Waals surface area contributed by atoms with Crippen LogP contribution in [0.1, 0.15) is 39.0 Å². The Morgan fingerprint density at radius 1 is 1.31 bits per heavy atom. The van der Waals surface area contributed by atoms with Crippen molar-refractivity contribution in [3.05, 3.63) is 0 Å². The molecule has 13 heavy (non-hydrogen) atoms. The minimum Gasteiger partial charge on any atom is -0.390 e. The first-order valence-corrected chi connectivity index (χ1v) is 5.48. The fourth-order valence-corrected chi connectivity index (χ4v) is 2.89. The van der Waals surface area contributed by atoms with Crippen LogP contribution in [0.3, 0.4) is 0 Å². The quantitative estimate of drug-likeness (QED) is 0.711. The summed E-state index contributed by atoms with van der Waals surface area (Å²) in [5.74, 6) is 1.45. The highest BCUT2D eigenvalue weighted by molar-refractivity contribution is 4.93. The maximum Gasteiger partial charge on any atom is 0.0655 e. The first-order valence-electron chi connectivity index (χ1n) is 5.48. The fraction of sp³-hybridized carbons (Fsp3) is 1.00. The van der Waals surface area contributed by atoms with Gasteiger partial charge in [-0.2, -0.15) is 0 Å². The van der Waals surface area contributed by atoms with Gasteiger partial charge in [0.1, 0.15) is 0 Å². The van der Waals surface area contributed by atoms with Crippen molar-refractivity contribution in [2.75, 3.05) is 13.2 Å². The third-order valence-electron chi connectivity index (χ3n) is 3.47. The molecule has 1 saturated carbocycles. The lowest BCUT2D eigenvalue weighted by atomic mass is 9.67. The molecule has 0 atom stereocenters. The van der Waals surface area contributed by atoms with E-state index < -0.39 is 0 Å². The van der Waals surface area contributed by atoms with Crippen LogP contribution in [0.4, 0.5) is 0 Å². The van der Waals surface area contributed by atoms with Gasteiger partial charge in [0.2, 0.25) is 0 Å². The van der Waals surface area contributed by atoms with E-state index in [0.29, 0.717) is 5.92 Å². The Morgan fingerprint density at radius 3 is 2.46 bits per heavy atom. The molecule has 1 aliphatic carbocycles. The second kappa shape index (κ2) is 3.58. The largest absolute Gasteiger partial charge is 0.390 e. The van der Waals surface area contributed by atoms with Crippen molar-refractivity contribution >= 4 is 0 Å². The van der Waals surface area contributed by atoms with Gasteiger partial charge in [-0.05, 0) is 43.9 Å². The molecule has 0 bridgehead atoms. The molecule has 0 aromatic rings. The van der Waals surface area contributed by atoms with Crippen LogP contribution in [-0.2, 0) is 4.74 Å². The van der Waals surface area contributed by atoms with Crippen molar-refractivity contribution in [2.45, 2.75) is 44.6 Å². The molecule has 0 spiro atoms. The third kappa shape index (κ3) is 2.23. The van der Waals surface area contributed by atoms with E-state index in [9.17, 15) is 5.11 Å². The van der Waals surface area contributed by atoms with E-state index in [2.05, 4.69) is 6.92 Å². The molecule has 1 aliphatic heterocycles. The SMILES string of the molecule is CC1CC(O)(CC2CCOCC2)C1. The van der Waals surface area contributed by atoms with E-state index in [1.165, 1.54) is 0 Å². The number of ether oxygens (including phenoxy) is 1. The lowest BCUT2D eigenvalue weighted by molar-refractivity contribution is -0.0930. The Hall–Kier alpha value is -0.0800. The van der Waals surface area contributed by atoms with Gasteiger partial charge in [0.05, 0.1) is 5.60 Å². The van der Waals surface area contributed by atoms with Gasteiger partial charge in [0, 0.05) is 13.2 Å². The van der Waals surface area contributed by atoms with E-state index in [0.717, 1.165) is 51.2 Å². The summed E-state index contributed by atoms with van der Waals surface area (Å²) in [4.78, 5) is 0. The Kier molecular flexibility index (Phi) is 2.61. The monoisotopic (exact) mass is 184 g/mol. The summed E-state index contributed by atoms with van der Waals surface area (Å²) in [7, 11) is 0. The smallest absolute Gasteiger partial charge is 0.0655 e. The zero-order chi connectivity index (χ0) is 9.31. The summed E-state index contributed by atoms with van der Waals surface area (Å²) in [6.45, 7) is 4.02. The first-order chi connectivity index (χ1) is 6.18. The van der Waals surface area contributed by atoms with Crippen molar-refractivity contribution in [3.63, 3.8) is 0 Å². The second-order valence-corrected chi connectivity index (χ2v) is 5.00. The molecule has 1 saturated heterocycles. The van der Waals surface area contributed by atoms with E-state index in [-0.39, 0.29) is 5.60 Å². The Labute approximate surface area is 80.3 Å². The highest BCUT2D eigenvalue weighted by Gasteiger charge is 2.41. The molecule has 2 nitrogen and oxygen atoms in total. The molecular formula is C11H20O2. The van der Waals surface area contributed by atoms with Crippen LogP contribution < -0.4 is 0 Å². The molecule has 2 heteroatoms. The van der Waals surface area contributed by atoms with E-state index in [1.54, 1.807) is 0 Å². The Balaban J connectivity index is 1.76. The van der Waals surface area contributed by atoms with Gasteiger partial charge in [0.25, 0.3) is 0 Å². The zero-order valence-electron chi connectivity index (χ0n) is 8.46. The van der Waals surface area contributed by atoms with Crippen LogP contribution >= 0.6 is 0 Å². The molecule has 2 rings (SSSR count). The van der Waals surface area contributed by atoms with Crippen molar-refractivity contribution < 1.29 is 9.84 Å². The molecule has 2 aliphatic rings. The molecular weight excluding hydrogens is 164 g/mol. The van der Waals surface area contributed by atoms with Crippen molar-refractivity contribution in [1.82, 2.24) is 0 Å². The highest BCUT2D eigenvalue weighted by atomic mass is 16.5. The topological polar surface area (TPSA) is 29.5 Å². The van der Waals surface area contributed by atoms with Gasteiger partial charge in [-0.3, -0.25) is 0 Å². The molecule has 0 aromatic carbocycles. The standard InChI is InChI=1S/C11H20O2/c1-9-6-11(12,7-9)8-10-2-4-13-5-3-10/h9-10,12H,2-8H2,1H3. The zero-order valence-corrected chi connectivity index (χ0v) is 8.46. The molecule has 0 aromatic heterocycles. The summed E-state index contributed by atoms with van der Waals surface area (Å²) in [6.07, 6.45) is 5.35.